The summed E-state index contributed by atoms with van der Waals surface area (Å²) in [4.78, 5) is 20.0. The SMILES string of the molecule is CCCCCCCCCCCCC(=O)C(O)C(O)C(O)C(O)CO.O=C[O-].[Na+]. The van der Waals surface area contributed by atoms with Gasteiger partial charge in [0.15, 0.2) is 5.78 Å². The van der Waals surface area contributed by atoms with Gasteiger partial charge in [-0.05, 0) is 6.42 Å². The molecule has 162 valence electrons. The van der Waals surface area contributed by atoms with Gasteiger partial charge < -0.3 is 35.4 Å². The minimum absolute atomic E-state index is 0. The van der Waals surface area contributed by atoms with Crippen LogP contribution in [0.1, 0.15) is 77.6 Å². The van der Waals surface area contributed by atoms with E-state index in [9.17, 15) is 25.2 Å². The predicted octanol–water partition coefficient (Wildman–Crippen LogP) is -3.33. The molecule has 4 unspecified atom stereocenters. The molecule has 0 saturated heterocycles. The van der Waals surface area contributed by atoms with E-state index in [1.54, 1.807) is 0 Å². The number of hydrogen-bond donors (Lipinski definition) is 5. The summed E-state index contributed by atoms with van der Waals surface area (Å²) in [5, 5.41) is 55.0. The van der Waals surface area contributed by atoms with Crippen LogP contribution in [0.3, 0.4) is 0 Å². The van der Waals surface area contributed by atoms with Crippen LogP contribution in [0.5, 0.6) is 0 Å². The van der Waals surface area contributed by atoms with Crippen molar-refractivity contribution in [1.82, 2.24) is 0 Å². The number of hydrogen-bond acceptors (Lipinski definition) is 8. The summed E-state index contributed by atoms with van der Waals surface area (Å²) in [5.74, 6) is -0.550. The van der Waals surface area contributed by atoms with Crippen LogP contribution in [-0.2, 0) is 9.59 Å². The first-order valence-corrected chi connectivity index (χ1v) is 9.78. The van der Waals surface area contributed by atoms with Crippen LogP contribution in [0.4, 0.5) is 0 Å². The van der Waals surface area contributed by atoms with Crippen LogP contribution in [-0.4, -0.2) is 68.8 Å². The molecule has 28 heavy (non-hydrogen) atoms. The number of carbonyl (C=O) groups excluding carboxylic acids is 2. The van der Waals surface area contributed by atoms with Crippen LogP contribution in [0.15, 0.2) is 0 Å². The van der Waals surface area contributed by atoms with E-state index >= 15 is 0 Å². The van der Waals surface area contributed by atoms with Gasteiger partial charge in [0.25, 0.3) is 0 Å². The maximum atomic E-state index is 11.8. The molecule has 0 aromatic carbocycles. The van der Waals surface area contributed by atoms with Gasteiger partial charge in [-0.15, -0.1) is 0 Å². The van der Waals surface area contributed by atoms with E-state index in [1.807, 2.05) is 0 Å². The number of unbranched alkanes of at least 4 members (excludes halogenated alkanes) is 9. The van der Waals surface area contributed by atoms with E-state index in [0.29, 0.717) is 6.42 Å². The molecule has 5 N–H and O–H groups in total. The zero-order chi connectivity index (χ0) is 21.1. The van der Waals surface area contributed by atoms with Gasteiger partial charge in [0, 0.05) is 12.9 Å². The summed E-state index contributed by atoms with van der Waals surface area (Å²) in [6, 6.07) is 0. The summed E-state index contributed by atoms with van der Waals surface area (Å²) in [6.07, 6.45) is 4.63. The van der Waals surface area contributed by atoms with Gasteiger partial charge in [-0.1, -0.05) is 64.7 Å². The van der Waals surface area contributed by atoms with Crippen molar-refractivity contribution in [2.24, 2.45) is 0 Å². The molecule has 4 atom stereocenters. The van der Waals surface area contributed by atoms with Crippen LogP contribution >= 0.6 is 0 Å². The Morgan fingerprint density at radius 2 is 1.25 bits per heavy atom. The molecule has 0 spiro atoms. The van der Waals surface area contributed by atoms with E-state index in [4.69, 9.17) is 15.0 Å². The molecule has 0 aliphatic heterocycles. The first-order valence-electron chi connectivity index (χ1n) is 9.78. The topological polar surface area (TPSA) is 158 Å². The minimum atomic E-state index is -1.79. The number of aliphatic hydroxyl groups excluding tert-OH is 5. The van der Waals surface area contributed by atoms with Gasteiger partial charge in [-0.3, -0.25) is 4.79 Å². The van der Waals surface area contributed by atoms with Crippen LogP contribution < -0.4 is 34.7 Å². The van der Waals surface area contributed by atoms with Crippen molar-refractivity contribution in [3.8, 4) is 0 Å². The van der Waals surface area contributed by atoms with Crippen molar-refractivity contribution in [2.45, 2.75) is 102 Å². The van der Waals surface area contributed by atoms with E-state index in [-0.39, 0.29) is 36.0 Å². The molecule has 9 heteroatoms. The minimum Gasteiger partial charge on any atom is -0.554 e. The molecule has 0 saturated carbocycles. The van der Waals surface area contributed by atoms with Gasteiger partial charge in [0.1, 0.15) is 24.4 Å². The average Bonchev–Trinajstić information content (AvgIpc) is 2.67. The van der Waals surface area contributed by atoms with Gasteiger partial charge in [-0.25, -0.2) is 0 Å². The Morgan fingerprint density at radius 3 is 1.64 bits per heavy atom. The molecule has 0 rings (SSSR count). The largest absolute Gasteiger partial charge is 1.00 e. The number of ketones is 1. The van der Waals surface area contributed by atoms with Crippen molar-refractivity contribution >= 4 is 12.3 Å². The first kappa shape index (κ1) is 32.6. The quantitative estimate of drug-likeness (QED) is 0.0993. The van der Waals surface area contributed by atoms with E-state index in [2.05, 4.69) is 6.92 Å². The standard InChI is InChI=1S/C18H36O6.CH2O2.Na/c1-2-3-4-5-6-7-8-9-10-11-12-14(20)16(22)18(24)17(23)15(21)13-19;2-1-3;/h15-19,21-24H,2-13H2,1H3;1H,(H,2,3);/q;;+1/p-1. The molecular weight excluding hydrogens is 379 g/mol. The molecule has 0 heterocycles. The molecule has 0 fully saturated rings. The molecule has 0 aromatic heterocycles. The molecule has 0 amide bonds. The molecule has 0 bridgehead atoms. The molecule has 0 aliphatic carbocycles. The third-order valence-corrected chi connectivity index (χ3v) is 4.36. The summed E-state index contributed by atoms with van der Waals surface area (Å²) in [6.45, 7) is 0.949. The fourth-order valence-corrected chi connectivity index (χ4v) is 2.65. The Labute approximate surface area is 190 Å². The van der Waals surface area contributed by atoms with Crippen molar-refractivity contribution in [1.29, 1.82) is 0 Å². The maximum Gasteiger partial charge on any atom is 1.00 e. The summed E-state index contributed by atoms with van der Waals surface area (Å²) in [5.41, 5.74) is 0. The van der Waals surface area contributed by atoms with Gasteiger partial charge >= 0.3 is 29.6 Å². The van der Waals surface area contributed by atoms with E-state index in [0.717, 1.165) is 19.3 Å². The number of Topliss-reactive ketones (excluding diaryl/α,β-unsaturated/α-hetero) is 1. The fourth-order valence-electron chi connectivity index (χ4n) is 2.65. The molecule has 0 radical (unpaired) electrons. The summed E-state index contributed by atoms with van der Waals surface area (Å²) in [7, 11) is 0. The Morgan fingerprint density at radius 1 is 0.857 bits per heavy atom. The third kappa shape index (κ3) is 18.0. The number of carbonyl (C=O) groups is 2. The average molecular weight is 416 g/mol. The molecule has 0 aliphatic rings. The molecular formula is C19H37NaO8. The zero-order valence-corrected chi connectivity index (χ0v) is 19.3. The number of carboxylic acid groups (broad SMARTS) is 1. The maximum absolute atomic E-state index is 11.8. The first-order chi connectivity index (χ1) is 12.9. The number of aliphatic hydroxyl groups is 5. The third-order valence-electron chi connectivity index (χ3n) is 4.36. The predicted molar refractivity (Wildman–Crippen MR) is 98.6 cm³/mol. The Bertz CT molecular complexity index is 357. The van der Waals surface area contributed by atoms with E-state index in [1.165, 1.54) is 38.5 Å². The van der Waals surface area contributed by atoms with Gasteiger partial charge in [-0.2, -0.15) is 0 Å². The second kappa shape index (κ2) is 23.2. The van der Waals surface area contributed by atoms with Crippen molar-refractivity contribution in [2.75, 3.05) is 6.61 Å². The van der Waals surface area contributed by atoms with Gasteiger partial charge in [0.05, 0.1) is 6.61 Å². The fraction of sp³-hybridized carbons (Fsp3) is 0.895. The van der Waals surface area contributed by atoms with Crippen LogP contribution in [0.25, 0.3) is 0 Å². The smallest absolute Gasteiger partial charge is 0.554 e. The van der Waals surface area contributed by atoms with Crippen molar-refractivity contribution in [3.63, 3.8) is 0 Å². The Kier molecular flexibility index (Phi) is 27.0. The van der Waals surface area contributed by atoms with Crippen LogP contribution in [0.2, 0.25) is 0 Å². The van der Waals surface area contributed by atoms with Crippen molar-refractivity contribution in [3.05, 3.63) is 0 Å². The second-order valence-corrected chi connectivity index (χ2v) is 6.67. The number of rotatable bonds is 16. The Hall–Kier alpha value is -0.0600. The van der Waals surface area contributed by atoms with Gasteiger partial charge in [0.2, 0.25) is 0 Å². The monoisotopic (exact) mass is 416 g/mol. The van der Waals surface area contributed by atoms with Crippen molar-refractivity contribution < 1.29 is 69.8 Å². The van der Waals surface area contributed by atoms with Crippen LogP contribution in [0, 0.1) is 0 Å². The normalized spacial score (nSPS) is 14.6. The Balaban J connectivity index is -0.00000146. The summed E-state index contributed by atoms with van der Waals surface area (Å²) >= 11 is 0. The molecule has 0 aromatic rings. The zero-order valence-electron chi connectivity index (χ0n) is 17.3. The molecule has 8 nitrogen and oxygen atoms in total. The van der Waals surface area contributed by atoms with E-state index < -0.39 is 43.3 Å². The summed E-state index contributed by atoms with van der Waals surface area (Å²) < 4.78 is 0. The second-order valence-electron chi connectivity index (χ2n) is 6.67.